The lowest BCUT2D eigenvalue weighted by atomic mass is 10.0. The van der Waals surface area contributed by atoms with Crippen molar-refractivity contribution in [1.82, 2.24) is 8.61 Å². The van der Waals surface area contributed by atoms with Crippen molar-refractivity contribution in [2.45, 2.75) is 26.2 Å². The first-order valence-electron chi connectivity index (χ1n) is 5.97. The lowest BCUT2D eigenvalue weighted by Crippen LogP contribution is -2.48. The van der Waals surface area contributed by atoms with E-state index in [1.54, 1.807) is 0 Å². The fourth-order valence-electron chi connectivity index (χ4n) is 1.93. The molecule has 0 atom stereocenters. The molecule has 0 aromatic heterocycles. The second-order valence-electron chi connectivity index (χ2n) is 4.53. The predicted octanol–water partition coefficient (Wildman–Crippen LogP) is 1.93. The molecule has 4 nitrogen and oxygen atoms in total. The van der Waals surface area contributed by atoms with E-state index in [1.165, 1.54) is 4.31 Å². The van der Waals surface area contributed by atoms with Crippen molar-refractivity contribution in [2.75, 3.05) is 31.5 Å². The summed E-state index contributed by atoms with van der Waals surface area (Å²) >= 11 is 3.10. The SMILES string of the molecule is CC1CCN(S(=O)(=O)N(CCBr)CC(F)F)CC1. The van der Waals surface area contributed by atoms with Crippen LogP contribution >= 0.6 is 15.9 Å². The molecule has 0 aliphatic carbocycles. The van der Waals surface area contributed by atoms with Gasteiger partial charge in [0.25, 0.3) is 16.6 Å². The minimum absolute atomic E-state index is 0.0682. The van der Waals surface area contributed by atoms with Crippen molar-refractivity contribution in [3.05, 3.63) is 0 Å². The Morgan fingerprint density at radius 3 is 2.39 bits per heavy atom. The lowest BCUT2D eigenvalue weighted by Gasteiger charge is -2.33. The van der Waals surface area contributed by atoms with Gasteiger partial charge in [0.1, 0.15) is 0 Å². The smallest absolute Gasteiger partial charge is 0.209 e. The van der Waals surface area contributed by atoms with E-state index in [2.05, 4.69) is 22.9 Å². The molecule has 0 unspecified atom stereocenters. The van der Waals surface area contributed by atoms with Gasteiger partial charge in [-0.05, 0) is 18.8 Å². The Hall–Kier alpha value is 0.210. The maximum Gasteiger partial charge on any atom is 0.282 e. The minimum Gasteiger partial charge on any atom is -0.209 e. The van der Waals surface area contributed by atoms with Gasteiger partial charge < -0.3 is 0 Å². The Morgan fingerprint density at radius 1 is 1.39 bits per heavy atom. The summed E-state index contributed by atoms with van der Waals surface area (Å²) in [6.07, 6.45) is -1.07. The number of nitrogens with zero attached hydrogens (tertiary/aromatic N) is 2. The molecule has 1 aliphatic rings. The van der Waals surface area contributed by atoms with Gasteiger partial charge in [0.15, 0.2) is 0 Å². The molecule has 1 rings (SSSR count). The van der Waals surface area contributed by atoms with Gasteiger partial charge in [0.2, 0.25) is 0 Å². The number of hydrogen-bond acceptors (Lipinski definition) is 2. The van der Waals surface area contributed by atoms with Crippen molar-refractivity contribution in [1.29, 1.82) is 0 Å². The molecule has 0 bridgehead atoms. The summed E-state index contributed by atoms with van der Waals surface area (Å²) in [6, 6.07) is 0. The Kier molecular flexibility index (Phi) is 6.43. The Morgan fingerprint density at radius 2 is 1.94 bits per heavy atom. The molecule has 8 heteroatoms. The Labute approximate surface area is 116 Å². The van der Waals surface area contributed by atoms with Gasteiger partial charge in [0.05, 0.1) is 6.54 Å². The van der Waals surface area contributed by atoms with Crippen molar-refractivity contribution >= 4 is 26.1 Å². The zero-order valence-electron chi connectivity index (χ0n) is 10.4. The second kappa shape index (κ2) is 7.12. The van der Waals surface area contributed by atoms with E-state index in [0.717, 1.165) is 17.1 Å². The first-order valence-corrected chi connectivity index (χ1v) is 8.49. The summed E-state index contributed by atoms with van der Waals surface area (Å²) < 4.78 is 51.5. The van der Waals surface area contributed by atoms with E-state index < -0.39 is 23.2 Å². The molecule has 0 saturated carbocycles. The molecule has 0 aromatic rings. The predicted molar refractivity (Wildman–Crippen MR) is 70.3 cm³/mol. The first-order chi connectivity index (χ1) is 8.37. The highest BCUT2D eigenvalue weighted by Crippen LogP contribution is 2.21. The highest BCUT2D eigenvalue weighted by Gasteiger charge is 2.33. The van der Waals surface area contributed by atoms with Crippen LogP contribution in [0, 0.1) is 5.92 Å². The highest BCUT2D eigenvalue weighted by atomic mass is 79.9. The molecule has 1 heterocycles. The van der Waals surface area contributed by atoms with Gasteiger partial charge in [-0.2, -0.15) is 17.0 Å². The molecule has 0 amide bonds. The van der Waals surface area contributed by atoms with Crippen LogP contribution in [0.3, 0.4) is 0 Å². The summed E-state index contributed by atoms with van der Waals surface area (Å²) in [5.74, 6) is 0.496. The van der Waals surface area contributed by atoms with Crippen LogP contribution in [-0.4, -0.2) is 55.0 Å². The third kappa shape index (κ3) is 4.40. The number of alkyl halides is 3. The van der Waals surface area contributed by atoms with Gasteiger partial charge in [-0.25, -0.2) is 8.78 Å². The average Bonchev–Trinajstić information content (AvgIpc) is 2.28. The number of halogens is 3. The maximum atomic E-state index is 12.4. The van der Waals surface area contributed by atoms with Crippen molar-refractivity contribution in [3.8, 4) is 0 Å². The quantitative estimate of drug-likeness (QED) is 0.688. The van der Waals surface area contributed by atoms with E-state index in [9.17, 15) is 17.2 Å². The van der Waals surface area contributed by atoms with E-state index in [0.29, 0.717) is 24.3 Å². The van der Waals surface area contributed by atoms with Crippen LogP contribution in [0.1, 0.15) is 19.8 Å². The molecular weight excluding hydrogens is 330 g/mol. The first kappa shape index (κ1) is 16.3. The van der Waals surface area contributed by atoms with E-state index in [-0.39, 0.29) is 6.54 Å². The fraction of sp³-hybridized carbons (Fsp3) is 1.00. The topological polar surface area (TPSA) is 40.6 Å². The molecule has 0 radical (unpaired) electrons. The standard InChI is InChI=1S/C10H19BrF2N2O2S/c1-9-2-5-14(6-3-9)18(16,17)15(7-4-11)8-10(12)13/h9-10H,2-8H2,1H3. The Bertz CT molecular complexity index is 346. The molecular formula is C10H19BrF2N2O2S. The van der Waals surface area contributed by atoms with Crippen molar-refractivity contribution < 1.29 is 17.2 Å². The van der Waals surface area contributed by atoms with E-state index >= 15 is 0 Å². The van der Waals surface area contributed by atoms with Gasteiger partial charge >= 0.3 is 0 Å². The second-order valence-corrected chi connectivity index (χ2v) is 7.25. The zero-order valence-corrected chi connectivity index (χ0v) is 12.8. The van der Waals surface area contributed by atoms with Crippen LogP contribution in [-0.2, 0) is 10.2 Å². The monoisotopic (exact) mass is 348 g/mol. The van der Waals surface area contributed by atoms with Gasteiger partial charge in [-0.15, -0.1) is 0 Å². The fourth-order valence-corrected chi connectivity index (χ4v) is 4.21. The summed E-state index contributed by atoms with van der Waals surface area (Å²) in [5.41, 5.74) is 0. The van der Waals surface area contributed by atoms with Gasteiger partial charge in [0, 0.05) is 25.0 Å². The van der Waals surface area contributed by atoms with Crippen LogP contribution in [0.5, 0.6) is 0 Å². The van der Waals surface area contributed by atoms with Crippen LogP contribution in [0.15, 0.2) is 0 Å². The van der Waals surface area contributed by atoms with Gasteiger partial charge in [-0.3, -0.25) is 0 Å². The molecule has 0 aromatic carbocycles. The zero-order chi connectivity index (χ0) is 13.8. The molecule has 1 aliphatic heterocycles. The van der Waals surface area contributed by atoms with Crippen molar-refractivity contribution in [2.24, 2.45) is 5.92 Å². The van der Waals surface area contributed by atoms with Crippen LogP contribution in [0.2, 0.25) is 0 Å². The third-order valence-electron chi connectivity index (χ3n) is 3.07. The largest absolute Gasteiger partial charge is 0.282 e. The summed E-state index contributed by atoms with van der Waals surface area (Å²) in [7, 11) is -3.75. The average molecular weight is 349 g/mol. The van der Waals surface area contributed by atoms with E-state index in [4.69, 9.17) is 0 Å². The maximum absolute atomic E-state index is 12.4. The van der Waals surface area contributed by atoms with Gasteiger partial charge in [-0.1, -0.05) is 22.9 Å². The molecule has 18 heavy (non-hydrogen) atoms. The summed E-state index contributed by atoms with van der Waals surface area (Å²) in [5, 5.41) is 0.350. The highest BCUT2D eigenvalue weighted by molar-refractivity contribution is 9.09. The minimum atomic E-state index is -3.75. The molecule has 0 N–H and O–H groups in total. The molecule has 0 spiro atoms. The molecule has 1 saturated heterocycles. The van der Waals surface area contributed by atoms with Crippen molar-refractivity contribution in [3.63, 3.8) is 0 Å². The lowest BCUT2D eigenvalue weighted by molar-refractivity contribution is 0.117. The number of hydrogen-bond donors (Lipinski definition) is 0. The summed E-state index contributed by atoms with van der Waals surface area (Å²) in [4.78, 5) is 0. The summed E-state index contributed by atoms with van der Waals surface area (Å²) in [6.45, 7) is 2.25. The Balaban J connectivity index is 2.74. The normalized spacial score (nSPS) is 19.9. The molecule has 1 fully saturated rings. The molecule has 108 valence electrons. The van der Waals surface area contributed by atoms with Crippen LogP contribution < -0.4 is 0 Å². The van der Waals surface area contributed by atoms with E-state index in [1.807, 2.05) is 0 Å². The third-order valence-corrected chi connectivity index (χ3v) is 5.43. The van der Waals surface area contributed by atoms with Crippen LogP contribution in [0.25, 0.3) is 0 Å². The number of piperidine rings is 1. The number of rotatable bonds is 6. The van der Waals surface area contributed by atoms with Crippen LogP contribution in [0.4, 0.5) is 8.78 Å².